The van der Waals surface area contributed by atoms with Crippen molar-refractivity contribution in [1.29, 1.82) is 0 Å². The molecular weight excluding hydrogens is 196 g/mol. The molecule has 1 heteroatoms. The Labute approximate surface area is 101 Å². The van der Waals surface area contributed by atoms with Crippen LogP contribution in [0.4, 0.5) is 0 Å². The van der Waals surface area contributed by atoms with Gasteiger partial charge in [0.15, 0.2) is 0 Å². The van der Waals surface area contributed by atoms with Gasteiger partial charge in [-0.1, -0.05) is 53.0 Å². The summed E-state index contributed by atoms with van der Waals surface area (Å²) >= 11 is 0. The first kappa shape index (κ1) is 13.8. The van der Waals surface area contributed by atoms with Crippen molar-refractivity contribution in [2.24, 2.45) is 11.3 Å². The van der Waals surface area contributed by atoms with E-state index in [0.29, 0.717) is 5.92 Å². The van der Waals surface area contributed by atoms with E-state index in [-0.39, 0.29) is 11.5 Å². The van der Waals surface area contributed by atoms with Gasteiger partial charge in [0.05, 0.1) is 6.10 Å². The molecule has 1 N–H and O–H groups in total. The minimum atomic E-state index is -0.258. The Morgan fingerprint density at radius 2 is 1.88 bits per heavy atom. The molecule has 1 rings (SSSR count). The summed E-state index contributed by atoms with van der Waals surface area (Å²) in [7, 11) is 0. The quantitative estimate of drug-likeness (QED) is 0.690. The molecule has 0 heterocycles. The zero-order valence-corrected chi connectivity index (χ0v) is 11.3. The molecule has 94 valence electrons. The fourth-order valence-electron chi connectivity index (χ4n) is 2.63. The maximum Gasteiger partial charge on any atom is 0.0775 e. The molecule has 0 bridgehead atoms. The number of rotatable bonds is 5. The maximum atomic E-state index is 10.3. The van der Waals surface area contributed by atoms with Crippen LogP contribution < -0.4 is 0 Å². The van der Waals surface area contributed by atoms with E-state index in [1.54, 1.807) is 0 Å². The van der Waals surface area contributed by atoms with Gasteiger partial charge >= 0.3 is 0 Å². The van der Waals surface area contributed by atoms with Crippen LogP contribution >= 0.6 is 0 Å². The van der Waals surface area contributed by atoms with Crippen molar-refractivity contribution in [2.75, 3.05) is 0 Å². The SMILES string of the molecule is C=C(CC(C)(C)CC)C(O)C1CCCCC1. The molecule has 1 saturated carbocycles. The summed E-state index contributed by atoms with van der Waals surface area (Å²) in [6, 6.07) is 0. The zero-order chi connectivity index (χ0) is 12.2. The van der Waals surface area contributed by atoms with Gasteiger partial charge in [0.1, 0.15) is 0 Å². The van der Waals surface area contributed by atoms with Crippen molar-refractivity contribution in [3.63, 3.8) is 0 Å². The lowest BCUT2D eigenvalue weighted by Crippen LogP contribution is -2.27. The topological polar surface area (TPSA) is 20.2 Å². The highest BCUT2D eigenvalue weighted by Crippen LogP contribution is 2.34. The predicted molar refractivity (Wildman–Crippen MR) is 70.4 cm³/mol. The molecule has 0 spiro atoms. The standard InChI is InChI=1S/C15H28O/c1-5-15(3,4)11-12(2)14(16)13-9-7-6-8-10-13/h13-14,16H,2,5-11H2,1,3-4H3. The zero-order valence-electron chi connectivity index (χ0n) is 11.3. The summed E-state index contributed by atoms with van der Waals surface area (Å²) in [5.41, 5.74) is 1.34. The van der Waals surface area contributed by atoms with Crippen molar-refractivity contribution < 1.29 is 5.11 Å². The smallest absolute Gasteiger partial charge is 0.0775 e. The van der Waals surface area contributed by atoms with Gasteiger partial charge in [-0.3, -0.25) is 0 Å². The van der Waals surface area contributed by atoms with Crippen LogP contribution in [-0.4, -0.2) is 11.2 Å². The molecule has 0 aromatic carbocycles. The summed E-state index contributed by atoms with van der Waals surface area (Å²) in [5.74, 6) is 0.480. The van der Waals surface area contributed by atoms with Crippen LogP contribution in [0, 0.1) is 11.3 Å². The summed E-state index contributed by atoms with van der Waals surface area (Å²) in [6.45, 7) is 10.8. The molecule has 1 aliphatic rings. The van der Waals surface area contributed by atoms with Crippen LogP contribution in [0.3, 0.4) is 0 Å². The second-order valence-corrected chi connectivity index (χ2v) is 6.20. The molecule has 1 nitrogen and oxygen atoms in total. The molecule has 1 fully saturated rings. The van der Waals surface area contributed by atoms with E-state index >= 15 is 0 Å². The Hall–Kier alpha value is -0.300. The first-order chi connectivity index (χ1) is 7.46. The number of hydrogen-bond acceptors (Lipinski definition) is 1. The molecule has 1 atom stereocenters. The highest BCUT2D eigenvalue weighted by atomic mass is 16.3. The summed E-state index contributed by atoms with van der Waals surface area (Å²) in [5, 5.41) is 10.3. The second-order valence-electron chi connectivity index (χ2n) is 6.20. The third-order valence-electron chi connectivity index (χ3n) is 4.18. The highest BCUT2D eigenvalue weighted by molar-refractivity contribution is 5.07. The number of hydrogen-bond donors (Lipinski definition) is 1. The van der Waals surface area contributed by atoms with Crippen molar-refractivity contribution in [3.05, 3.63) is 12.2 Å². The van der Waals surface area contributed by atoms with Crippen LogP contribution in [0.15, 0.2) is 12.2 Å². The molecule has 0 saturated heterocycles. The normalized spacial score (nSPS) is 20.8. The summed E-state index contributed by atoms with van der Waals surface area (Å²) in [4.78, 5) is 0. The van der Waals surface area contributed by atoms with Crippen LogP contribution in [0.25, 0.3) is 0 Å². The molecule has 0 aromatic heterocycles. The van der Waals surface area contributed by atoms with E-state index in [4.69, 9.17) is 0 Å². The van der Waals surface area contributed by atoms with Crippen LogP contribution in [-0.2, 0) is 0 Å². The Morgan fingerprint density at radius 3 is 2.38 bits per heavy atom. The van der Waals surface area contributed by atoms with Crippen molar-refractivity contribution in [3.8, 4) is 0 Å². The van der Waals surface area contributed by atoms with Gasteiger partial charge in [0, 0.05) is 0 Å². The Bertz CT molecular complexity index is 224. The third-order valence-corrected chi connectivity index (χ3v) is 4.18. The lowest BCUT2D eigenvalue weighted by atomic mass is 9.77. The van der Waals surface area contributed by atoms with Crippen LogP contribution in [0.1, 0.15) is 65.7 Å². The van der Waals surface area contributed by atoms with Crippen molar-refractivity contribution >= 4 is 0 Å². The van der Waals surface area contributed by atoms with E-state index in [2.05, 4.69) is 27.4 Å². The van der Waals surface area contributed by atoms with Gasteiger partial charge in [-0.2, -0.15) is 0 Å². The summed E-state index contributed by atoms with van der Waals surface area (Å²) < 4.78 is 0. The number of aliphatic hydroxyl groups is 1. The fraction of sp³-hybridized carbons (Fsp3) is 0.867. The molecule has 1 aliphatic carbocycles. The van der Waals surface area contributed by atoms with Crippen LogP contribution in [0.2, 0.25) is 0 Å². The molecule has 0 radical (unpaired) electrons. The fourth-order valence-corrected chi connectivity index (χ4v) is 2.63. The average Bonchev–Trinajstić information content (AvgIpc) is 2.28. The van der Waals surface area contributed by atoms with Crippen molar-refractivity contribution in [1.82, 2.24) is 0 Å². The Balaban J connectivity index is 2.46. The van der Waals surface area contributed by atoms with E-state index in [0.717, 1.165) is 18.4 Å². The van der Waals surface area contributed by atoms with Gasteiger partial charge < -0.3 is 5.11 Å². The maximum absolute atomic E-state index is 10.3. The molecule has 0 aromatic rings. The van der Waals surface area contributed by atoms with E-state index in [1.165, 1.54) is 32.1 Å². The first-order valence-corrected chi connectivity index (χ1v) is 6.82. The molecule has 1 unspecified atom stereocenters. The summed E-state index contributed by atoms with van der Waals surface area (Å²) in [6.07, 6.45) is 8.13. The Kier molecular flexibility index (Phi) is 5.04. The van der Waals surface area contributed by atoms with Gasteiger partial charge in [-0.05, 0) is 36.2 Å². The predicted octanol–water partition coefficient (Wildman–Crippen LogP) is 4.31. The monoisotopic (exact) mass is 224 g/mol. The molecule has 16 heavy (non-hydrogen) atoms. The van der Waals surface area contributed by atoms with Gasteiger partial charge in [-0.25, -0.2) is 0 Å². The van der Waals surface area contributed by atoms with E-state index < -0.39 is 0 Å². The minimum absolute atomic E-state index is 0.258. The number of aliphatic hydroxyl groups excluding tert-OH is 1. The van der Waals surface area contributed by atoms with Crippen molar-refractivity contribution in [2.45, 2.75) is 71.8 Å². The molecule has 0 aliphatic heterocycles. The van der Waals surface area contributed by atoms with Crippen LogP contribution in [0.5, 0.6) is 0 Å². The van der Waals surface area contributed by atoms with Gasteiger partial charge in [-0.15, -0.1) is 0 Å². The van der Waals surface area contributed by atoms with Gasteiger partial charge in [0.25, 0.3) is 0 Å². The molecule has 0 amide bonds. The third kappa shape index (κ3) is 3.93. The average molecular weight is 224 g/mol. The second kappa shape index (κ2) is 5.86. The Morgan fingerprint density at radius 1 is 1.31 bits per heavy atom. The lowest BCUT2D eigenvalue weighted by Gasteiger charge is -2.31. The van der Waals surface area contributed by atoms with E-state index in [9.17, 15) is 5.11 Å². The minimum Gasteiger partial charge on any atom is -0.388 e. The lowest BCUT2D eigenvalue weighted by molar-refractivity contribution is 0.106. The van der Waals surface area contributed by atoms with E-state index in [1.807, 2.05) is 0 Å². The first-order valence-electron chi connectivity index (χ1n) is 6.82. The molecular formula is C15H28O. The van der Waals surface area contributed by atoms with Gasteiger partial charge in [0.2, 0.25) is 0 Å². The highest BCUT2D eigenvalue weighted by Gasteiger charge is 2.26. The largest absolute Gasteiger partial charge is 0.388 e.